The van der Waals surface area contributed by atoms with Gasteiger partial charge in [0.05, 0.1) is 13.2 Å². The van der Waals surface area contributed by atoms with Crippen LogP contribution in [0, 0.1) is 0 Å². The number of primary amides is 2. The van der Waals surface area contributed by atoms with Crippen molar-refractivity contribution < 1.29 is 19.1 Å². The molecule has 4 N–H and O–H groups in total. The molecule has 0 saturated heterocycles. The number of ether oxygens (including phenoxy) is 2. The Labute approximate surface area is 198 Å². The average Bonchev–Trinajstić information content (AvgIpc) is 2.84. The van der Waals surface area contributed by atoms with Crippen LogP contribution in [0.3, 0.4) is 0 Å². The molecule has 4 aromatic carbocycles. The van der Waals surface area contributed by atoms with Gasteiger partial charge in [0, 0.05) is 24.0 Å². The van der Waals surface area contributed by atoms with E-state index < -0.39 is 0 Å². The Morgan fingerprint density at radius 1 is 0.588 bits per heavy atom. The van der Waals surface area contributed by atoms with Crippen molar-refractivity contribution in [3.63, 3.8) is 0 Å². The van der Waals surface area contributed by atoms with E-state index in [1.807, 2.05) is 48.5 Å². The summed E-state index contributed by atoms with van der Waals surface area (Å²) in [6, 6.07) is 24.3. The van der Waals surface area contributed by atoms with Crippen LogP contribution in [-0.4, -0.2) is 25.0 Å². The van der Waals surface area contributed by atoms with Crippen LogP contribution in [-0.2, 0) is 9.59 Å². The Morgan fingerprint density at radius 3 is 1.41 bits per heavy atom. The van der Waals surface area contributed by atoms with E-state index in [2.05, 4.69) is 24.3 Å². The number of hydrogen-bond acceptors (Lipinski definition) is 4. The van der Waals surface area contributed by atoms with Crippen molar-refractivity contribution in [2.45, 2.75) is 25.7 Å². The van der Waals surface area contributed by atoms with Crippen LogP contribution in [0.15, 0.2) is 72.8 Å². The largest absolute Gasteiger partial charge is 0.493 e. The van der Waals surface area contributed by atoms with E-state index in [1.165, 1.54) is 0 Å². The summed E-state index contributed by atoms with van der Waals surface area (Å²) < 4.78 is 12.4. The first-order valence-electron chi connectivity index (χ1n) is 11.4. The number of rotatable bonds is 11. The summed E-state index contributed by atoms with van der Waals surface area (Å²) in [6.07, 6.45) is 1.61. The fourth-order valence-corrected chi connectivity index (χ4v) is 4.12. The molecule has 174 valence electrons. The van der Waals surface area contributed by atoms with Crippen LogP contribution >= 0.6 is 0 Å². The van der Waals surface area contributed by atoms with Crippen LogP contribution in [0.25, 0.3) is 32.7 Å². The lowest BCUT2D eigenvalue weighted by molar-refractivity contribution is -0.119. The SMILES string of the molecule is NC(=O)CCCOc1ccc2ccccc2c1-c1c(OCCCC(N)=O)ccc2ccccc12. The second-order valence-corrected chi connectivity index (χ2v) is 8.16. The quantitative estimate of drug-likeness (QED) is 0.312. The standard InChI is InChI=1S/C28H28N2O4/c29-25(31)11-5-17-33-23-15-13-19-7-1-3-9-21(19)27(23)28-22-10-4-2-8-20(22)14-16-24(28)34-18-6-12-26(30)32/h1-4,7-10,13-16H,5-6,11-12,17-18H2,(H2,29,31)(H2,30,32). The average molecular weight is 457 g/mol. The van der Waals surface area contributed by atoms with Crippen molar-refractivity contribution in [2.75, 3.05) is 13.2 Å². The smallest absolute Gasteiger partial charge is 0.217 e. The van der Waals surface area contributed by atoms with Crippen molar-refractivity contribution in [3.8, 4) is 22.6 Å². The molecule has 0 atom stereocenters. The molecule has 0 radical (unpaired) electrons. The highest BCUT2D eigenvalue weighted by molar-refractivity contribution is 6.09. The minimum atomic E-state index is -0.344. The number of nitrogens with two attached hydrogens (primary N) is 2. The molecule has 6 heteroatoms. The second kappa shape index (κ2) is 10.7. The Balaban J connectivity index is 1.84. The fourth-order valence-electron chi connectivity index (χ4n) is 4.12. The van der Waals surface area contributed by atoms with Crippen LogP contribution in [0.2, 0.25) is 0 Å². The lowest BCUT2D eigenvalue weighted by Gasteiger charge is -2.19. The molecule has 0 saturated carbocycles. The molecule has 0 spiro atoms. The molecule has 2 amide bonds. The third kappa shape index (κ3) is 5.29. The minimum absolute atomic E-state index is 0.269. The Bertz CT molecular complexity index is 1230. The number of carbonyl (C=O) groups excluding carboxylic acids is 2. The molecule has 0 aliphatic carbocycles. The molecule has 0 bridgehead atoms. The highest BCUT2D eigenvalue weighted by atomic mass is 16.5. The zero-order valence-corrected chi connectivity index (χ0v) is 19.0. The summed E-state index contributed by atoms with van der Waals surface area (Å²) in [6.45, 7) is 0.738. The summed E-state index contributed by atoms with van der Waals surface area (Å²) in [4.78, 5) is 22.3. The first-order valence-corrected chi connectivity index (χ1v) is 11.4. The number of fused-ring (bicyclic) bond motifs is 2. The highest BCUT2D eigenvalue weighted by Gasteiger charge is 2.19. The monoisotopic (exact) mass is 456 g/mol. The Kier molecular flexibility index (Phi) is 7.28. The first kappa shape index (κ1) is 23.1. The van der Waals surface area contributed by atoms with Gasteiger partial charge in [0.2, 0.25) is 11.8 Å². The first-order chi connectivity index (χ1) is 16.5. The third-order valence-corrected chi connectivity index (χ3v) is 5.68. The summed E-state index contributed by atoms with van der Waals surface area (Å²) in [5, 5.41) is 4.23. The topological polar surface area (TPSA) is 105 Å². The maximum Gasteiger partial charge on any atom is 0.217 e. The lowest BCUT2D eigenvalue weighted by Crippen LogP contribution is -2.12. The maximum absolute atomic E-state index is 11.2. The number of amides is 2. The zero-order valence-electron chi connectivity index (χ0n) is 19.0. The number of carbonyl (C=O) groups is 2. The molecular weight excluding hydrogens is 428 g/mol. The fraction of sp³-hybridized carbons (Fsp3) is 0.214. The van der Waals surface area contributed by atoms with Gasteiger partial charge in [0.1, 0.15) is 11.5 Å². The van der Waals surface area contributed by atoms with E-state index in [0.717, 1.165) is 32.7 Å². The molecule has 4 aromatic rings. The van der Waals surface area contributed by atoms with Crippen molar-refractivity contribution in [2.24, 2.45) is 11.5 Å². The lowest BCUT2D eigenvalue weighted by atomic mass is 9.92. The van der Waals surface area contributed by atoms with Crippen molar-refractivity contribution >= 4 is 33.4 Å². The van der Waals surface area contributed by atoms with E-state index in [9.17, 15) is 9.59 Å². The van der Waals surface area contributed by atoms with Gasteiger partial charge in [-0.05, 0) is 46.5 Å². The van der Waals surface area contributed by atoms with E-state index in [0.29, 0.717) is 37.6 Å². The normalized spacial score (nSPS) is 10.9. The van der Waals surface area contributed by atoms with Gasteiger partial charge in [-0.15, -0.1) is 0 Å². The van der Waals surface area contributed by atoms with Gasteiger partial charge in [-0.3, -0.25) is 9.59 Å². The van der Waals surface area contributed by atoms with Gasteiger partial charge in [-0.2, -0.15) is 0 Å². The van der Waals surface area contributed by atoms with Gasteiger partial charge in [0.15, 0.2) is 0 Å². The molecule has 0 heterocycles. The van der Waals surface area contributed by atoms with Gasteiger partial charge in [-0.25, -0.2) is 0 Å². The van der Waals surface area contributed by atoms with Crippen molar-refractivity contribution in [3.05, 3.63) is 72.8 Å². The predicted molar refractivity (Wildman–Crippen MR) is 135 cm³/mol. The van der Waals surface area contributed by atoms with Crippen molar-refractivity contribution in [1.29, 1.82) is 0 Å². The Hall–Kier alpha value is -4.06. The summed E-state index contributed by atoms with van der Waals surface area (Å²) in [7, 11) is 0. The van der Waals surface area contributed by atoms with E-state index in [1.54, 1.807) is 0 Å². The molecule has 0 fully saturated rings. The summed E-state index contributed by atoms with van der Waals surface area (Å²) in [5.41, 5.74) is 12.4. The second-order valence-electron chi connectivity index (χ2n) is 8.16. The minimum Gasteiger partial charge on any atom is -0.493 e. The van der Waals surface area contributed by atoms with E-state index >= 15 is 0 Å². The molecule has 0 aliphatic rings. The van der Waals surface area contributed by atoms with Gasteiger partial charge in [0.25, 0.3) is 0 Å². The number of benzene rings is 4. The maximum atomic E-state index is 11.2. The molecular formula is C28H28N2O4. The van der Waals surface area contributed by atoms with Gasteiger partial charge < -0.3 is 20.9 Å². The van der Waals surface area contributed by atoms with E-state index in [-0.39, 0.29) is 24.7 Å². The van der Waals surface area contributed by atoms with Gasteiger partial charge in [-0.1, -0.05) is 60.7 Å². The van der Waals surface area contributed by atoms with Crippen LogP contribution < -0.4 is 20.9 Å². The van der Waals surface area contributed by atoms with Gasteiger partial charge >= 0.3 is 0 Å². The molecule has 0 aromatic heterocycles. The molecule has 4 rings (SSSR count). The van der Waals surface area contributed by atoms with Crippen LogP contribution in [0.4, 0.5) is 0 Å². The molecule has 0 aliphatic heterocycles. The molecule has 6 nitrogen and oxygen atoms in total. The highest BCUT2D eigenvalue weighted by Crippen LogP contribution is 2.45. The number of hydrogen-bond donors (Lipinski definition) is 2. The zero-order chi connectivity index (χ0) is 23.9. The predicted octanol–water partition coefficient (Wildman–Crippen LogP) is 4.95. The Morgan fingerprint density at radius 2 is 1.00 bits per heavy atom. The van der Waals surface area contributed by atoms with Crippen molar-refractivity contribution in [1.82, 2.24) is 0 Å². The third-order valence-electron chi connectivity index (χ3n) is 5.68. The summed E-state index contributed by atoms with van der Waals surface area (Å²) in [5.74, 6) is 0.731. The molecule has 34 heavy (non-hydrogen) atoms. The van der Waals surface area contributed by atoms with E-state index in [4.69, 9.17) is 20.9 Å². The van der Waals surface area contributed by atoms with Crippen LogP contribution in [0.1, 0.15) is 25.7 Å². The molecule has 0 unspecified atom stereocenters. The summed E-state index contributed by atoms with van der Waals surface area (Å²) >= 11 is 0. The van der Waals surface area contributed by atoms with Crippen LogP contribution in [0.5, 0.6) is 11.5 Å².